The van der Waals surface area contributed by atoms with E-state index in [1.54, 1.807) is 0 Å². The Balaban J connectivity index is 1.75. The molecule has 0 aromatic heterocycles. The third-order valence-corrected chi connectivity index (χ3v) is 3.61. The molecule has 2 aliphatic carbocycles. The maximum absolute atomic E-state index is 10.8. The second kappa shape index (κ2) is 4.30. The summed E-state index contributed by atoms with van der Waals surface area (Å²) in [6.45, 7) is 0. The van der Waals surface area contributed by atoms with Crippen LogP contribution in [-0.4, -0.2) is 23.2 Å². The Morgan fingerprint density at radius 3 is 2.36 bits per heavy atom. The van der Waals surface area contributed by atoms with Crippen molar-refractivity contribution < 1.29 is 9.90 Å². The van der Waals surface area contributed by atoms with Crippen LogP contribution in [0.2, 0.25) is 0 Å². The van der Waals surface area contributed by atoms with Gasteiger partial charge in [0.15, 0.2) is 0 Å². The van der Waals surface area contributed by atoms with Crippen LogP contribution in [0.5, 0.6) is 0 Å². The van der Waals surface area contributed by atoms with Crippen LogP contribution in [-0.2, 0) is 4.79 Å². The maximum atomic E-state index is 10.8. The zero-order valence-electron chi connectivity index (χ0n) is 8.54. The third kappa shape index (κ3) is 2.27. The van der Waals surface area contributed by atoms with E-state index in [0.717, 1.165) is 19.3 Å². The molecule has 3 nitrogen and oxygen atoms in total. The Hall–Kier alpha value is -0.570. The molecule has 2 aliphatic rings. The first-order chi connectivity index (χ1) is 6.75. The van der Waals surface area contributed by atoms with Crippen molar-refractivity contribution >= 4 is 5.97 Å². The second-order valence-electron chi connectivity index (χ2n) is 4.69. The predicted molar refractivity (Wildman–Crippen MR) is 54.2 cm³/mol. The maximum Gasteiger partial charge on any atom is 0.306 e. The Kier molecular flexibility index (Phi) is 3.06. The minimum Gasteiger partial charge on any atom is -0.481 e. The van der Waals surface area contributed by atoms with Crippen molar-refractivity contribution in [2.24, 2.45) is 5.92 Å². The van der Waals surface area contributed by atoms with E-state index in [1.807, 2.05) is 0 Å². The van der Waals surface area contributed by atoms with Crippen LogP contribution < -0.4 is 5.32 Å². The molecular formula is C11H19NO2. The molecule has 0 aromatic carbocycles. The number of aliphatic carboxylic acids is 1. The quantitative estimate of drug-likeness (QED) is 0.725. The molecule has 0 aliphatic heterocycles. The molecule has 14 heavy (non-hydrogen) atoms. The zero-order valence-corrected chi connectivity index (χ0v) is 8.54. The lowest BCUT2D eigenvalue weighted by molar-refractivity contribution is -0.141. The Labute approximate surface area is 84.9 Å². The summed E-state index contributed by atoms with van der Waals surface area (Å²) in [5.74, 6) is -0.699. The highest BCUT2D eigenvalue weighted by molar-refractivity contribution is 5.70. The average molecular weight is 197 g/mol. The Bertz CT molecular complexity index is 211. The van der Waals surface area contributed by atoms with Crippen molar-refractivity contribution in [2.45, 2.75) is 57.0 Å². The molecule has 2 N–H and O–H groups in total. The first kappa shape index (κ1) is 9.97. The fraction of sp³-hybridized carbons (Fsp3) is 0.909. The molecule has 80 valence electrons. The summed E-state index contributed by atoms with van der Waals surface area (Å²) in [7, 11) is 0. The lowest BCUT2D eigenvalue weighted by Crippen LogP contribution is -2.35. The largest absolute Gasteiger partial charge is 0.481 e. The zero-order chi connectivity index (χ0) is 9.97. The van der Waals surface area contributed by atoms with Crippen molar-refractivity contribution in [3.63, 3.8) is 0 Å². The smallest absolute Gasteiger partial charge is 0.306 e. The van der Waals surface area contributed by atoms with Crippen molar-refractivity contribution in [3.8, 4) is 0 Å². The third-order valence-electron chi connectivity index (χ3n) is 3.61. The van der Waals surface area contributed by atoms with Crippen LogP contribution in [0.15, 0.2) is 0 Å². The number of nitrogens with one attached hydrogen (secondary N) is 1. The highest BCUT2D eigenvalue weighted by Gasteiger charge is 2.31. The molecule has 0 radical (unpaired) electrons. The van der Waals surface area contributed by atoms with E-state index in [2.05, 4.69) is 5.32 Å². The van der Waals surface area contributed by atoms with Crippen LogP contribution >= 0.6 is 0 Å². The Morgan fingerprint density at radius 2 is 1.79 bits per heavy atom. The van der Waals surface area contributed by atoms with Crippen molar-refractivity contribution in [2.75, 3.05) is 0 Å². The van der Waals surface area contributed by atoms with Crippen LogP contribution in [0, 0.1) is 5.92 Å². The van der Waals surface area contributed by atoms with Gasteiger partial charge in [-0.1, -0.05) is 12.8 Å². The van der Waals surface area contributed by atoms with E-state index < -0.39 is 5.97 Å². The number of carbonyl (C=O) groups is 1. The average Bonchev–Trinajstić information content (AvgIpc) is 2.75. The van der Waals surface area contributed by atoms with Gasteiger partial charge in [-0.05, 0) is 32.1 Å². The summed E-state index contributed by atoms with van der Waals surface area (Å²) < 4.78 is 0. The van der Waals surface area contributed by atoms with Gasteiger partial charge in [0.05, 0.1) is 5.92 Å². The van der Waals surface area contributed by atoms with E-state index >= 15 is 0 Å². The van der Waals surface area contributed by atoms with Gasteiger partial charge < -0.3 is 10.4 Å². The number of carboxylic acids is 1. The minimum absolute atomic E-state index is 0.0890. The van der Waals surface area contributed by atoms with Crippen LogP contribution in [0.3, 0.4) is 0 Å². The number of hydrogen-bond donors (Lipinski definition) is 2. The van der Waals surface area contributed by atoms with Gasteiger partial charge >= 0.3 is 5.97 Å². The number of hydrogen-bond acceptors (Lipinski definition) is 2. The molecule has 0 aromatic rings. The molecule has 2 rings (SSSR count). The first-order valence-corrected chi connectivity index (χ1v) is 5.74. The Morgan fingerprint density at radius 1 is 1.07 bits per heavy atom. The molecule has 2 saturated carbocycles. The molecule has 0 bridgehead atoms. The summed E-state index contributed by atoms with van der Waals surface area (Å²) >= 11 is 0. The molecule has 0 saturated heterocycles. The van der Waals surface area contributed by atoms with Crippen LogP contribution in [0.4, 0.5) is 0 Å². The van der Waals surface area contributed by atoms with Gasteiger partial charge in [-0.15, -0.1) is 0 Å². The monoisotopic (exact) mass is 197 g/mol. The summed E-state index contributed by atoms with van der Waals surface area (Å²) in [4.78, 5) is 10.8. The molecule has 3 heteroatoms. The van der Waals surface area contributed by atoms with E-state index in [1.165, 1.54) is 25.7 Å². The minimum atomic E-state index is -0.610. The topological polar surface area (TPSA) is 49.3 Å². The fourth-order valence-corrected chi connectivity index (χ4v) is 2.78. The number of carboxylic acid groups (broad SMARTS) is 1. The van der Waals surface area contributed by atoms with Gasteiger partial charge in [-0.3, -0.25) is 4.79 Å². The summed E-state index contributed by atoms with van der Waals surface area (Å²) in [6, 6.07) is 1.15. The fourth-order valence-electron chi connectivity index (χ4n) is 2.78. The molecule has 2 fully saturated rings. The SMILES string of the molecule is O=C(O)[C@@H]1CC[C@H](NC2CCCC2)C1. The highest BCUT2D eigenvalue weighted by Crippen LogP contribution is 2.28. The van der Waals surface area contributed by atoms with E-state index in [4.69, 9.17) is 5.11 Å². The highest BCUT2D eigenvalue weighted by atomic mass is 16.4. The molecule has 2 atom stereocenters. The van der Waals surface area contributed by atoms with E-state index in [0.29, 0.717) is 12.1 Å². The molecule has 0 unspecified atom stereocenters. The standard InChI is InChI=1S/C11H19NO2/c13-11(14)8-5-6-10(7-8)12-9-3-1-2-4-9/h8-10,12H,1-7H2,(H,13,14)/t8-,10+/m1/s1. The molecule has 0 spiro atoms. The lowest BCUT2D eigenvalue weighted by Gasteiger charge is -2.18. The van der Waals surface area contributed by atoms with Gasteiger partial charge in [0.25, 0.3) is 0 Å². The van der Waals surface area contributed by atoms with Crippen LogP contribution in [0.1, 0.15) is 44.9 Å². The van der Waals surface area contributed by atoms with Gasteiger partial charge in [-0.25, -0.2) is 0 Å². The molecule has 0 heterocycles. The first-order valence-electron chi connectivity index (χ1n) is 5.74. The van der Waals surface area contributed by atoms with Crippen molar-refractivity contribution in [1.82, 2.24) is 5.32 Å². The summed E-state index contributed by atoms with van der Waals surface area (Å²) in [5, 5.41) is 12.5. The van der Waals surface area contributed by atoms with Gasteiger partial charge in [0.2, 0.25) is 0 Å². The lowest BCUT2D eigenvalue weighted by atomic mass is 10.1. The van der Waals surface area contributed by atoms with Crippen LogP contribution in [0.25, 0.3) is 0 Å². The van der Waals surface area contributed by atoms with Gasteiger partial charge in [0.1, 0.15) is 0 Å². The number of rotatable bonds is 3. The predicted octanol–water partition coefficient (Wildman–Crippen LogP) is 1.77. The van der Waals surface area contributed by atoms with Gasteiger partial charge in [-0.2, -0.15) is 0 Å². The summed E-state index contributed by atoms with van der Waals surface area (Å²) in [6.07, 6.45) is 8.00. The molecule has 0 amide bonds. The summed E-state index contributed by atoms with van der Waals surface area (Å²) in [5.41, 5.74) is 0. The van der Waals surface area contributed by atoms with E-state index in [-0.39, 0.29) is 5.92 Å². The van der Waals surface area contributed by atoms with Gasteiger partial charge in [0, 0.05) is 12.1 Å². The normalized spacial score (nSPS) is 33.7. The van der Waals surface area contributed by atoms with Crippen molar-refractivity contribution in [1.29, 1.82) is 0 Å². The van der Waals surface area contributed by atoms with Crippen molar-refractivity contribution in [3.05, 3.63) is 0 Å². The molecular weight excluding hydrogens is 178 g/mol. The second-order valence-corrected chi connectivity index (χ2v) is 4.69. The van der Waals surface area contributed by atoms with E-state index in [9.17, 15) is 4.79 Å².